The van der Waals surface area contributed by atoms with Crippen LogP contribution < -0.4 is 0 Å². The molecule has 0 radical (unpaired) electrons. The van der Waals surface area contributed by atoms with Crippen molar-refractivity contribution in [2.24, 2.45) is 0 Å². The van der Waals surface area contributed by atoms with Crippen molar-refractivity contribution in [1.82, 2.24) is 14.9 Å². The third kappa shape index (κ3) is 3.82. The number of hydrogen-bond donors (Lipinski definition) is 0. The van der Waals surface area contributed by atoms with Gasteiger partial charge in [0.15, 0.2) is 17.2 Å². The highest BCUT2D eigenvalue weighted by Crippen LogP contribution is 2.34. The summed E-state index contributed by atoms with van der Waals surface area (Å²) in [6.45, 7) is 1.83. The largest absolute Gasteiger partial charge is 0.451 e. The number of thioether (sulfide) groups is 1. The standard InChI is InChI=1S/C22H23N3O4S/c26-20(25-11-4-3-7-17(25)21-27-12-13-28-21)19-16(14-30-22-23-9-5-10-24-22)15-6-1-2-8-18(15)29-19/h1-2,5-6,8-10,17,21H,3-4,7,11-14H2. The summed E-state index contributed by atoms with van der Waals surface area (Å²) in [4.78, 5) is 24.1. The zero-order chi connectivity index (χ0) is 20.3. The molecule has 0 bridgehead atoms. The molecule has 0 N–H and O–H groups in total. The zero-order valence-corrected chi connectivity index (χ0v) is 17.3. The molecule has 4 heterocycles. The fraction of sp³-hybridized carbons (Fsp3) is 0.409. The fourth-order valence-electron chi connectivity index (χ4n) is 4.13. The van der Waals surface area contributed by atoms with Gasteiger partial charge < -0.3 is 18.8 Å². The predicted molar refractivity (Wildman–Crippen MR) is 112 cm³/mol. The highest BCUT2D eigenvalue weighted by Gasteiger charge is 2.38. The van der Waals surface area contributed by atoms with Gasteiger partial charge in [-0.15, -0.1) is 0 Å². The highest BCUT2D eigenvalue weighted by atomic mass is 32.2. The molecule has 1 aromatic carbocycles. The van der Waals surface area contributed by atoms with Crippen LogP contribution in [0.2, 0.25) is 0 Å². The van der Waals surface area contributed by atoms with Crippen molar-refractivity contribution in [3.63, 3.8) is 0 Å². The fourth-order valence-corrected chi connectivity index (χ4v) is 4.96. The Balaban J connectivity index is 1.47. The van der Waals surface area contributed by atoms with Crippen molar-refractivity contribution in [2.75, 3.05) is 19.8 Å². The lowest BCUT2D eigenvalue weighted by Gasteiger charge is -2.37. The number of aromatic nitrogens is 2. The maximum absolute atomic E-state index is 13.6. The number of nitrogens with zero attached hydrogens (tertiary/aromatic N) is 3. The second-order valence-corrected chi connectivity index (χ2v) is 8.34. The monoisotopic (exact) mass is 425 g/mol. The molecule has 7 nitrogen and oxygen atoms in total. The Hall–Kier alpha value is -2.42. The van der Waals surface area contributed by atoms with Crippen LogP contribution in [0.1, 0.15) is 35.4 Å². The predicted octanol–water partition coefficient (Wildman–Crippen LogP) is 3.88. The molecule has 8 heteroatoms. The molecule has 156 valence electrons. The Morgan fingerprint density at radius 3 is 2.73 bits per heavy atom. The van der Waals surface area contributed by atoms with Gasteiger partial charge in [0.1, 0.15) is 5.58 Å². The molecule has 3 aromatic rings. The van der Waals surface area contributed by atoms with Crippen LogP contribution in [-0.4, -0.2) is 52.9 Å². The van der Waals surface area contributed by atoms with E-state index in [0.717, 1.165) is 30.2 Å². The van der Waals surface area contributed by atoms with Crippen molar-refractivity contribution in [3.05, 3.63) is 54.0 Å². The van der Waals surface area contributed by atoms with Gasteiger partial charge in [-0.05, 0) is 31.4 Å². The number of fused-ring (bicyclic) bond motifs is 1. The first-order chi connectivity index (χ1) is 14.8. The van der Waals surface area contributed by atoms with Crippen LogP contribution in [0, 0.1) is 0 Å². The van der Waals surface area contributed by atoms with E-state index in [-0.39, 0.29) is 18.2 Å². The number of ether oxygens (including phenoxy) is 2. The average molecular weight is 426 g/mol. The molecular formula is C22H23N3O4S. The van der Waals surface area contributed by atoms with Gasteiger partial charge in [0.05, 0.1) is 19.3 Å². The molecular weight excluding hydrogens is 402 g/mol. The summed E-state index contributed by atoms with van der Waals surface area (Å²) < 4.78 is 17.6. The Kier molecular flexibility index (Phi) is 5.70. The minimum Gasteiger partial charge on any atom is -0.451 e. The summed E-state index contributed by atoms with van der Waals surface area (Å²) in [6.07, 6.45) is 5.99. The normalized spacial score (nSPS) is 20.1. The van der Waals surface area contributed by atoms with E-state index in [1.807, 2.05) is 29.2 Å². The molecule has 1 unspecified atom stereocenters. The van der Waals surface area contributed by atoms with Gasteiger partial charge in [-0.25, -0.2) is 9.97 Å². The van der Waals surface area contributed by atoms with Crippen LogP contribution in [0.25, 0.3) is 11.0 Å². The van der Waals surface area contributed by atoms with E-state index in [1.54, 1.807) is 18.5 Å². The van der Waals surface area contributed by atoms with Crippen LogP contribution in [0.3, 0.4) is 0 Å². The van der Waals surface area contributed by atoms with Gasteiger partial charge in [-0.3, -0.25) is 4.79 Å². The van der Waals surface area contributed by atoms with Gasteiger partial charge in [0, 0.05) is 35.6 Å². The maximum Gasteiger partial charge on any atom is 0.290 e. The number of rotatable bonds is 5. The maximum atomic E-state index is 13.6. The SMILES string of the molecule is O=C(c1oc2ccccc2c1CSc1ncccn1)N1CCCCC1C1OCCO1. The average Bonchev–Trinajstić information content (AvgIpc) is 3.46. The lowest BCUT2D eigenvalue weighted by atomic mass is 10.0. The third-order valence-electron chi connectivity index (χ3n) is 5.55. The van der Waals surface area contributed by atoms with Gasteiger partial charge in [-0.1, -0.05) is 30.0 Å². The molecule has 0 spiro atoms. The van der Waals surface area contributed by atoms with Crippen LogP contribution in [0.5, 0.6) is 0 Å². The minimum atomic E-state index is -0.353. The Morgan fingerprint density at radius 1 is 1.10 bits per heavy atom. The molecule has 2 saturated heterocycles. The second kappa shape index (κ2) is 8.75. The Labute approximate surface area is 178 Å². The number of benzene rings is 1. The van der Waals surface area contributed by atoms with Crippen molar-refractivity contribution >= 4 is 28.6 Å². The van der Waals surface area contributed by atoms with E-state index < -0.39 is 0 Å². The third-order valence-corrected chi connectivity index (χ3v) is 6.45. The number of hydrogen-bond acceptors (Lipinski definition) is 7. The molecule has 5 rings (SSSR count). The second-order valence-electron chi connectivity index (χ2n) is 7.40. The highest BCUT2D eigenvalue weighted by molar-refractivity contribution is 7.98. The van der Waals surface area contributed by atoms with Crippen molar-refractivity contribution in [1.29, 1.82) is 0 Å². The van der Waals surface area contributed by atoms with Crippen LogP contribution in [0.15, 0.2) is 52.3 Å². The number of carbonyl (C=O) groups is 1. The molecule has 1 amide bonds. The number of carbonyl (C=O) groups excluding carboxylic acids is 1. The molecule has 2 aliphatic heterocycles. The van der Waals surface area contributed by atoms with Gasteiger partial charge >= 0.3 is 0 Å². The van der Waals surface area contributed by atoms with Crippen molar-refractivity contribution in [2.45, 2.75) is 42.5 Å². The molecule has 2 aliphatic rings. The quantitative estimate of drug-likeness (QED) is 0.453. The first kappa shape index (κ1) is 19.5. The zero-order valence-electron chi connectivity index (χ0n) is 16.5. The van der Waals surface area contributed by atoms with E-state index in [1.165, 1.54) is 11.8 Å². The number of likely N-dealkylation sites (tertiary alicyclic amines) is 1. The van der Waals surface area contributed by atoms with E-state index in [0.29, 0.717) is 42.0 Å². The lowest BCUT2D eigenvalue weighted by molar-refractivity contribution is -0.100. The summed E-state index contributed by atoms with van der Waals surface area (Å²) in [5.74, 6) is 0.848. The van der Waals surface area contributed by atoms with Crippen molar-refractivity contribution in [3.8, 4) is 0 Å². The summed E-state index contributed by atoms with van der Waals surface area (Å²) in [5.41, 5.74) is 1.60. The summed E-state index contributed by atoms with van der Waals surface area (Å²) in [7, 11) is 0. The van der Waals surface area contributed by atoms with Crippen LogP contribution in [-0.2, 0) is 15.2 Å². The van der Waals surface area contributed by atoms with E-state index in [4.69, 9.17) is 13.9 Å². The number of piperidine rings is 1. The van der Waals surface area contributed by atoms with Gasteiger partial charge in [0.25, 0.3) is 5.91 Å². The van der Waals surface area contributed by atoms with Gasteiger partial charge in [0.2, 0.25) is 0 Å². The van der Waals surface area contributed by atoms with Crippen LogP contribution >= 0.6 is 11.8 Å². The minimum absolute atomic E-state index is 0.0834. The van der Waals surface area contributed by atoms with Gasteiger partial charge in [-0.2, -0.15) is 0 Å². The van der Waals surface area contributed by atoms with Crippen LogP contribution in [0.4, 0.5) is 0 Å². The van der Waals surface area contributed by atoms with E-state index >= 15 is 0 Å². The molecule has 2 fully saturated rings. The smallest absolute Gasteiger partial charge is 0.290 e. The molecule has 2 aromatic heterocycles. The Bertz CT molecular complexity index is 1020. The molecule has 1 atom stereocenters. The topological polar surface area (TPSA) is 77.7 Å². The van der Waals surface area contributed by atoms with E-state index in [2.05, 4.69) is 9.97 Å². The summed E-state index contributed by atoms with van der Waals surface area (Å²) >= 11 is 1.49. The molecule has 30 heavy (non-hydrogen) atoms. The summed E-state index contributed by atoms with van der Waals surface area (Å²) in [5, 5.41) is 1.62. The number of furan rings is 1. The molecule has 0 saturated carbocycles. The first-order valence-electron chi connectivity index (χ1n) is 10.3. The number of para-hydroxylation sites is 1. The van der Waals surface area contributed by atoms with Crippen molar-refractivity contribution < 1.29 is 18.7 Å². The van der Waals surface area contributed by atoms with E-state index in [9.17, 15) is 4.79 Å². The lowest BCUT2D eigenvalue weighted by Crippen LogP contribution is -2.50. The molecule has 0 aliphatic carbocycles. The Morgan fingerprint density at radius 2 is 1.90 bits per heavy atom. The number of amides is 1. The first-order valence-corrected chi connectivity index (χ1v) is 11.2. The summed E-state index contributed by atoms with van der Waals surface area (Å²) in [6, 6.07) is 9.48.